The number of amides is 1. The third kappa shape index (κ3) is 4.76. The molecule has 1 aliphatic heterocycles. The Hall–Kier alpha value is -3.92. The van der Waals surface area contributed by atoms with Crippen molar-refractivity contribution in [3.8, 4) is 17.2 Å². The largest absolute Gasteiger partial charge is 0.493 e. The second-order valence-corrected chi connectivity index (χ2v) is 8.54. The van der Waals surface area contributed by atoms with Gasteiger partial charge in [0.05, 0.1) is 27.4 Å². The molecule has 190 valence electrons. The zero-order valence-corrected chi connectivity index (χ0v) is 21.1. The maximum atomic E-state index is 13.8. The lowest BCUT2D eigenvalue weighted by Gasteiger charge is -2.31. The van der Waals surface area contributed by atoms with Gasteiger partial charge in [0, 0.05) is 24.4 Å². The summed E-state index contributed by atoms with van der Waals surface area (Å²) in [6.07, 6.45) is 1.02. The Morgan fingerprint density at radius 2 is 1.78 bits per heavy atom. The number of aliphatic hydroxyl groups is 1. The minimum atomic E-state index is -0.688. The number of aromatic nitrogens is 3. The molecule has 4 rings (SSSR count). The van der Waals surface area contributed by atoms with Crippen LogP contribution >= 0.6 is 0 Å². The molecule has 10 nitrogen and oxygen atoms in total. The van der Waals surface area contributed by atoms with Gasteiger partial charge in [-0.25, -0.2) is 9.67 Å². The molecule has 2 N–H and O–H groups in total. The molecule has 0 radical (unpaired) electrons. The number of nitrogens with zero attached hydrogens (tertiary/aromatic N) is 4. The smallest absolute Gasteiger partial charge is 0.248 e. The Balaban J connectivity index is 1.85. The summed E-state index contributed by atoms with van der Waals surface area (Å²) in [5, 5.41) is 17.0. The van der Waals surface area contributed by atoms with Crippen LogP contribution in [0.25, 0.3) is 0 Å². The molecule has 10 heteroatoms. The van der Waals surface area contributed by atoms with Crippen molar-refractivity contribution in [2.75, 3.05) is 33.3 Å². The van der Waals surface area contributed by atoms with Crippen molar-refractivity contribution < 1.29 is 24.1 Å². The summed E-state index contributed by atoms with van der Waals surface area (Å²) < 4.78 is 18.3. The van der Waals surface area contributed by atoms with Crippen LogP contribution in [0.1, 0.15) is 36.3 Å². The van der Waals surface area contributed by atoms with Gasteiger partial charge < -0.3 is 24.6 Å². The first-order valence-corrected chi connectivity index (χ1v) is 11.7. The van der Waals surface area contributed by atoms with E-state index >= 15 is 0 Å². The molecule has 1 aliphatic rings. The van der Waals surface area contributed by atoms with Gasteiger partial charge in [0.1, 0.15) is 5.92 Å². The van der Waals surface area contributed by atoms with Crippen molar-refractivity contribution in [2.45, 2.75) is 32.7 Å². The van der Waals surface area contributed by atoms with E-state index in [-0.39, 0.29) is 12.5 Å². The van der Waals surface area contributed by atoms with Crippen LogP contribution in [0.2, 0.25) is 0 Å². The number of hydrogen-bond acceptors (Lipinski definition) is 8. The van der Waals surface area contributed by atoms with E-state index in [0.717, 1.165) is 16.8 Å². The van der Waals surface area contributed by atoms with Crippen LogP contribution in [0.4, 0.5) is 11.6 Å². The molecular weight excluding hydrogens is 462 g/mol. The number of anilines is 1. The molecule has 1 aromatic heterocycles. The first-order valence-electron chi connectivity index (χ1n) is 11.7. The lowest BCUT2D eigenvalue weighted by molar-refractivity contribution is -0.118. The van der Waals surface area contributed by atoms with Crippen molar-refractivity contribution >= 4 is 23.3 Å². The second kappa shape index (κ2) is 10.8. The number of nitrogens with one attached hydrogen (secondary N) is 1. The van der Waals surface area contributed by atoms with Gasteiger partial charge in [-0.3, -0.25) is 4.79 Å². The molecule has 2 aromatic carbocycles. The lowest BCUT2D eigenvalue weighted by atomic mass is 9.87. The SMILES string of the molecule is COc1cc(C2C(C(=O)Nc3ccccc3C)C(C)=Nc3nc(CCCO)nn32)cc(OC)c1OC. The zero-order valence-electron chi connectivity index (χ0n) is 21.1. The maximum absolute atomic E-state index is 13.8. The Bertz CT molecular complexity index is 1260. The van der Waals surface area contributed by atoms with Crippen LogP contribution in [0.5, 0.6) is 17.2 Å². The molecule has 0 aliphatic carbocycles. The molecule has 0 saturated carbocycles. The Morgan fingerprint density at radius 1 is 1.08 bits per heavy atom. The third-order valence-corrected chi connectivity index (χ3v) is 6.24. The van der Waals surface area contributed by atoms with E-state index in [9.17, 15) is 9.90 Å². The van der Waals surface area contributed by atoms with Crippen LogP contribution in [0.15, 0.2) is 41.4 Å². The van der Waals surface area contributed by atoms with Gasteiger partial charge in [-0.2, -0.15) is 10.1 Å². The first-order chi connectivity index (χ1) is 17.4. The highest BCUT2D eigenvalue weighted by molar-refractivity contribution is 6.10. The fraction of sp³-hybridized carbons (Fsp3) is 0.385. The van der Waals surface area contributed by atoms with E-state index in [1.807, 2.05) is 50.2 Å². The maximum Gasteiger partial charge on any atom is 0.248 e. The fourth-order valence-electron chi connectivity index (χ4n) is 4.42. The molecule has 3 aromatic rings. The van der Waals surface area contributed by atoms with Crippen LogP contribution in [0, 0.1) is 12.8 Å². The highest BCUT2D eigenvalue weighted by atomic mass is 16.5. The molecule has 0 spiro atoms. The number of aliphatic hydroxyl groups excluding tert-OH is 1. The van der Waals surface area contributed by atoms with Gasteiger partial charge >= 0.3 is 0 Å². The highest BCUT2D eigenvalue weighted by Crippen LogP contribution is 2.44. The number of carbonyl (C=O) groups excluding carboxylic acids is 1. The van der Waals surface area contributed by atoms with Crippen molar-refractivity contribution in [3.63, 3.8) is 0 Å². The second-order valence-electron chi connectivity index (χ2n) is 8.54. The number of methoxy groups -OCH3 is 3. The van der Waals surface area contributed by atoms with Gasteiger partial charge in [0.15, 0.2) is 17.3 Å². The Kier molecular flexibility index (Phi) is 7.54. The van der Waals surface area contributed by atoms with Gasteiger partial charge in [-0.1, -0.05) is 18.2 Å². The zero-order chi connectivity index (χ0) is 25.8. The minimum Gasteiger partial charge on any atom is -0.493 e. The van der Waals surface area contributed by atoms with Gasteiger partial charge in [0.2, 0.25) is 17.6 Å². The number of aryl methyl sites for hydroxylation is 2. The summed E-state index contributed by atoms with van der Waals surface area (Å²) in [4.78, 5) is 23.0. The fourth-order valence-corrected chi connectivity index (χ4v) is 4.42. The van der Waals surface area contributed by atoms with Crippen molar-refractivity contribution in [1.29, 1.82) is 0 Å². The molecule has 0 fully saturated rings. The number of fused-ring (bicyclic) bond motifs is 1. The van der Waals surface area contributed by atoms with Crippen LogP contribution in [0.3, 0.4) is 0 Å². The van der Waals surface area contributed by atoms with Crippen LogP contribution < -0.4 is 19.5 Å². The molecule has 0 saturated heterocycles. The number of aliphatic imine (C=N–C) groups is 1. The van der Waals surface area contributed by atoms with E-state index in [0.29, 0.717) is 47.6 Å². The summed E-state index contributed by atoms with van der Waals surface area (Å²) in [7, 11) is 4.63. The van der Waals surface area contributed by atoms with Crippen molar-refractivity contribution in [1.82, 2.24) is 14.8 Å². The van der Waals surface area contributed by atoms with E-state index in [2.05, 4.69) is 20.4 Å². The minimum absolute atomic E-state index is 0.0317. The van der Waals surface area contributed by atoms with Crippen molar-refractivity contribution in [2.24, 2.45) is 10.9 Å². The van der Waals surface area contributed by atoms with Crippen LogP contribution in [-0.4, -0.2) is 59.4 Å². The summed E-state index contributed by atoms with van der Waals surface area (Å²) in [5.41, 5.74) is 3.01. The molecule has 2 heterocycles. The summed E-state index contributed by atoms with van der Waals surface area (Å²) in [6, 6.07) is 10.7. The topological polar surface area (TPSA) is 120 Å². The monoisotopic (exact) mass is 493 g/mol. The summed E-state index contributed by atoms with van der Waals surface area (Å²) >= 11 is 0. The highest BCUT2D eigenvalue weighted by Gasteiger charge is 2.40. The number of rotatable bonds is 9. The van der Waals surface area contributed by atoms with Gasteiger partial charge in [-0.05, 0) is 49.6 Å². The molecule has 2 atom stereocenters. The third-order valence-electron chi connectivity index (χ3n) is 6.24. The molecule has 0 bridgehead atoms. The number of ether oxygens (including phenoxy) is 3. The Morgan fingerprint density at radius 3 is 2.39 bits per heavy atom. The quantitative estimate of drug-likeness (QED) is 0.468. The van der Waals surface area contributed by atoms with E-state index in [1.165, 1.54) is 0 Å². The molecule has 36 heavy (non-hydrogen) atoms. The van der Waals surface area contributed by atoms with E-state index in [4.69, 9.17) is 14.2 Å². The number of hydrogen-bond donors (Lipinski definition) is 2. The van der Waals surface area contributed by atoms with Crippen molar-refractivity contribution in [3.05, 3.63) is 53.3 Å². The molecular formula is C26H31N5O5. The van der Waals surface area contributed by atoms with Gasteiger partial charge in [0.25, 0.3) is 0 Å². The van der Waals surface area contributed by atoms with E-state index in [1.54, 1.807) is 26.0 Å². The van der Waals surface area contributed by atoms with E-state index < -0.39 is 12.0 Å². The van der Waals surface area contributed by atoms with Crippen LogP contribution in [-0.2, 0) is 11.2 Å². The average molecular weight is 494 g/mol. The predicted octanol–water partition coefficient (Wildman–Crippen LogP) is 3.49. The number of carbonyl (C=O) groups is 1. The average Bonchev–Trinajstić information content (AvgIpc) is 3.29. The summed E-state index contributed by atoms with van der Waals surface area (Å²) in [6.45, 7) is 3.79. The molecule has 1 amide bonds. The lowest BCUT2D eigenvalue weighted by Crippen LogP contribution is -2.39. The number of para-hydroxylation sites is 1. The summed E-state index contributed by atoms with van der Waals surface area (Å²) in [5.74, 6) is 1.43. The predicted molar refractivity (Wildman–Crippen MR) is 136 cm³/mol. The standard InChI is InChI=1S/C26H31N5O5/c1-15-9-6-7-10-18(15)28-25(33)22-16(2)27-26-29-21(11-8-12-32)30-31(26)23(22)17-13-19(34-3)24(36-5)20(14-17)35-4/h6-7,9-10,13-14,22-23,32H,8,11-12H2,1-5H3,(H,28,33). The first kappa shape index (κ1) is 25.2. The molecule has 2 unspecified atom stereocenters. The van der Waals surface area contributed by atoms with Gasteiger partial charge in [-0.15, -0.1) is 0 Å². The normalized spacial score (nSPS) is 16.7. The Labute approximate surface area is 209 Å². The number of benzene rings is 2.